The lowest BCUT2D eigenvalue weighted by Crippen LogP contribution is -2.22. The van der Waals surface area contributed by atoms with Crippen molar-refractivity contribution < 1.29 is 4.79 Å². The van der Waals surface area contributed by atoms with Gasteiger partial charge in [-0.15, -0.1) is 0 Å². The molecule has 0 amide bonds. The monoisotopic (exact) mass is 260 g/mol. The Bertz CT molecular complexity index is 465. The van der Waals surface area contributed by atoms with Gasteiger partial charge in [0.05, 0.1) is 12.1 Å². The Morgan fingerprint density at radius 3 is 2.95 bits per heavy atom. The molecule has 2 fully saturated rings. The highest BCUT2D eigenvalue weighted by Crippen LogP contribution is 2.48. The molecular weight excluding hydrogens is 236 g/mol. The maximum absolute atomic E-state index is 12.4. The molecule has 19 heavy (non-hydrogen) atoms. The molecule has 3 rings (SSSR count). The predicted octanol–water partition coefficient (Wildman–Crippen LogP) is 3.40. The maximum atomic E-state index is 12.4. The lowest BCUT2D eigenvalue weighted by atomic mass is 9.84. The minimum absolute atomic E-state index is 0.340. The van der Waals surface area contributed by atoms with Gasteiger partial charge in [-0.3, -0.25) is 9.48 Å². The molecule has 1 aromatic heterocycles. The minimum Gasteiger partial charge on any atom is -0.299 e. The van der Waals surface area contributed by atoms with Crippen molar-refractivity contribution in [3.63, 3.8) is 0 Å². The lowest BCUT2D eigenvalue weighted by Gasteiger charge is -2.19. The molecule has 2 bridgehead atoms. The number of fused-ring (bicyclic) bond motifs is 2. The highest BCUT2D eigenvalue weighted by Gasteiger charge is 2.42. The number of ketones is 1. The van der Waals surface area contributed by atoms with Gasteiger partial charge < -0.3 is 0 Å². The largest absolute Gasteiger partial charge is 0.299 e. The molecule has 0 radical (unpaired) electrons. The zero-order valence-corrected chi connectivity index (χ0v) is 12.0. The molecule has 1 aromatic rings. The quantitative estimate of drug-likeness (QED) is 0.813. The van der Waals surface area contributed by atoms with Crippen LogP contribution in [0.5, 0.6) is 0 Å². The van der Waals surface area contributed by atoms with Gasteiger partial charge in [0.1, 0.15) is 5.78 Å². The summed E-state index contributed by atoms with van der Waals surface area (Å²) in [5.41, 5.74) is 0.952. The third-order valence-corrected chi connectivity index (χ3v) is 5.21. The van der Waals surface area contributed by atoms with Gasteiger partial charge in [-0.25, -0.2) is 0 Å². The SMILES string of the molecule is CCC(C)n1ccc(CC(=O)C2CC3CCC2C3)n1. The maximum Gasteiger partial charge on any atom is 0.142 e. The van der Waals surface area contributed by atoms with E-state index >= 15 is 0 Å². The summed E-state index contributed by atoms with van der Waals surface area (Å²) in [6.45, 7) is 4.32. The van der Waals surface area contributed by atoms with E-state index in [2.05, 4.69) is 18.9 Å². The molecule has 3 nitrogen and oxygen atoms in total. The van der Waals surface area contributed by atoms with Gasteiger partial charge in [0.25, 0.3) is 0 Å². The van der Waals surface area contributed by atoms with Crippen LogP contribution in [0.2, 0.25) is 0 Å². The van der Waals surface area contributed by atoms with Crippen molar-refractivity contribution in [1.29, 1.82) is 0 Å². The first-order chi connectivity index (χ1) is 9.17. The van der Waals surface area contributed by atoms with Crippen LogP contribution in [0.4, 0.5) is 0 Å². The van der Waals surface area contributed by atoms with Gasteiger partial charge in [-0.05, 0) is 50.5 Å². The Kier molecular flexibility index (Phi) is 3.46. The van der Waals surface area contributed by atoms with E-state index in [1.165, 1.54) is 19.3 Å². The van der Waals surface area contributed by atoms with E-state index in [9.17, 15) is 4.79 Å². The molecule has 0 aliphatic heterocycles. The van der Waals surface area contributed by atoms with E-state index in [0.29, 0.717) is 30.1 Å². The van der Waals surface area contributed by atoms with Crippen molar-refractivity contribution in [2.45, 2.75) is 58.4 Å². The topological polar surface area (TPSA) is 34.9 Å². The first kappa shape index (κ1) is 12.9. The highest BCUT2D eigenvalue weighted by atomic mass is 16.1. The van der Waals surface area contributed by atoms with E-state index in [1.807, 2.05) is 16.9 Å². The number of nitrogens with zero attached hydrogens (tertiary/aromatic N) is 2. The molecule has 4 unspecified atom stereocenters. The summed E-state index contributed by atoms with van der Waals surface area (Å²) in [4.78, 5) is 12.4. The van der Waals surface area contributed by atoms with E-state index in [1.54, 1.807) is 0 Å². The van der Waals surface area contributed by atoms with Crippen LogP contribution < -0.4 is 0 Å². The standard InChI is InChI=1S/C16H24N2O/c1-3-11(2)18-7-6-14(17-18)10-16(19)15-9-12-4-5-13(15)8-12/h6-7,11-13,15H,3-5,8-10H2,1-2H3. The number of aromatic nitrogens is 2. The second kappa shape index (κ2) is 5.10. The third kappa shape index (κ3) is 2.47. The average Bonchev–Trinajstić information content (AvgIpc) is 3.13. The zero-order chi connectivity index (χ0) is 13.4. The van der Waals surface area contributed by atoms with E-state index in [0.717, 1.165) is 24.5 Å². The number of carbonyl (C=O) groups excluding carboxylic acids is 1. The molecule has 104 valence electrons. The van der Waals surface area contributed by atoms with E-state index in [4.69, 9.17) is 0 Å². The van der Waals surface area contributed by atoms with E-state index in [-0.39, 0.29) is 0 Å². The van der Waals surface area contributed by atoms with Gasteiger partial charge in [-0.1, -0.05) is 13.3 Å². The fourth-order valence-corrected chi connectivity index (χ4v) is 3.85. The molecule has 0 N–H and O–H groups in total. The first-order valence-corrected chi connectivity index (χ1v) is 7.74. The highest BCUT2D eigenvalue weighted by molar-refractivity contribution is 5.83. The second-order valence-corrected chi connectivity index (χ2v) is 6.47. The molecule has 0 spiro atoms. The lowest BCUT2D eigenvalue weighted by molar-refractivity contribution is -0.123. The zero-order valence-electron chi connectivity index (χ0n) is 12.0. The van der Waals surface area contributed by atoms with Crippen molar-refractivity contribution in [3.05, 3.63) is 18.0 Å². The first-order valence-electron chi connectivity index (χ1n) is 7.74. The van der Waals surface area contributed by atoms with Gasteiger partial charge in [0.15, 0.2) is 0 Å². The van der Waals surface area contributed by atoms with Crippen LogP contribution >= 0.6 is 0 Å². The molecule has 2 saturated carbocycles. The smallest absolute Gasteiger partial charge is 0.142 e. The predicted molar refractivity (Wildman–Crippen MR) is 74.9 cm³/mol. The van der Waals surface area contributed by atoms with Crippen LogP contribution in [0.15, 0.2) is 12.3 Å². The molecule has 3 heteroatoms. The van der Waals surface area contributed by atoms with Gasteiger partial charge >= 0.3 is 0 Å². The fraction of sp³-hybridized carbons (Fsp3) is 0.750. The fourth-order valence-electron chi connectivity index (χ4n) is 3.85. The van der Waals surface area contributed by atoms with Crippen molar-refractivity contribution in [2.75, 3.05) is 0 Å². The van der Waals surface area contributed by atoms with Crippen LogP contribution in [-0.2, 0) is 11.2 Å². The Balaban J connectivity index is 1.62. The van der Waals surface area contributed by atoms with Crippen LogP contribution in [-0.4, -0.2) is 15.6 Å². The average molecular weight is 260 g/mol. The normalized spacial score (nSPS) is 30.7. The number of carbonyl (C=O) groups is 1. The van der Waals surface area contributed by atoms with Gasteiger partial charge in [0, 0.05) is 18.2 Å². The third-order valence-electron chi connectivity index (χ3n) is 5.21. The molecule has 0 aromatic carbocycles. The molecule has 0 saturated heterocycles. The second-order valence-electron chi connectivity index (χ2n) is 6.47. The van der Waals surface area contributed by atoms with Crippen molar-refractivity contribution in [3.8, 4) is 0 Å². The summed E-state index contributed by atoms with van der Waals surface area (Å²) >= 11 is 0. The Morgan fingerprint density at radius 2 is 2.32 bits per heavy atom. The van der Waals surface area contributed by atoms with Crippen molar-refractivity contribution in [2.24, 2.45) is 17.8 Å². The number of hydrogen-bond donors (Lipinski definition) is 0. The van der Waals surface area contributed by atoms with E-state index < -0.39 is 0 Å². The Labute approximate surface area is 115 Å². The molecular formula is C16H24N2O. The van der Waals surface area contributed by atoms with Gasteiger partial charge in [0.2, 0.25) is 0 Å². The molecule has 2 aliphatic rings. The van der Waals surface area contributed by atoms with Crippen LogP contribution in [0.3, 0.4) is 0 Å². The summed E-state index contributed by atoms with van der Waals surface area (Å²) in [5.74, 6) is 2.31. The molecule has 1 heterocycles. The van der Waals surface area contributed by atoms with Gasteiger partial charge in [-0.2, -0.15) is 5.10 Å². The number of Topliss-reactive ketones (excluding diaryl/α,β-unsaturated/α-hetero) is 1. The molecule has 2 aliphatic carbocycles. The minimum atomic E-state index is 0.340. The summed E-state index contributed by atoms with van der Waals surface area (Å²) < 4.78 is 1.99. The summed E-state index contributed by atoms with van der Waals surface area (Å²) in [6, 6.07) is 2.43. The number of hydrogen-bond acceptors (Lipinski definition) is 2. The van der Waals surface area contributed by atoms with Crippen molar-refractivity contribution in [1.82, 2.24) is 9.78 Å². The van der Waals surface area contributed by atoms with Crippen LogP contribution in [0.1, 0.15) is 57.7 Å². The summed E-state index contributed by atoms with van der Waals surface area (Å²) in [5, 5.41) is 4.55. The van der Waals surface area contributed by atoms with Crippen LogP contribution in [0, 0.1) is 17.8 Å². The number of rotatable bonds is 5. The summed E-state index contributed by atoms with van der Waals surface area (Å²) in [6.07, 6.45) is 8.71. The summed E-state index contributed by atoms with van der Waals surface area (Å²) in [7, 11) is 0. The van der Waals surface area contributed by atoms with Crippen LogP contribution in [0.25, 0.3) is 0 Å². The Hall–Kier alpha value is -1.12. The Morgan fingerprint density at radius 1 is 1.47 bits per heavy atom. The van der Waals surface area contributed by atoms with Crippen molar-refractivity contribution >= 4 is 5.78 Å². The molecule has 4 atom stereocenters.